The molecular formula is C11H15IN2O3. The lowest BCUT2D eigenvalue weighted by Gasteiger charge is -2.20. The van der Waals surface area contributed by atoms with Gasteiger partial charge < -0.3 is 9.47 Å². The van der Waals surface area contributed by atoms with E-state index in [1.807, 2.05) is 0 Å². The van der Waals surface area contributed by atoms with Gasteiger partial charge in [-0.25, -0.2) is 4.79 Å². The number of carbonyl (C=O) groups is 1. The van der Waals surface area contributed by atoms with E-state index < -0.39 is 11.7 Å². The van der Waals surface area contributed by atoms with E-state index in [1.54, 1.807) is 40.3 Å². The van der Waals surface area contributed by atoms with E-state index in [0.29, 0.717) is 11.4 Å². The van der Waals surface area contributed by atoms with Gasteiger partial charge in [-0.3, -0.25) is 10.3 Å². The second-order valence-corrected chi connectivity index (χ2v) is 5.41. The van der Waals surface area contributed by atoms with Gasteiger partial charge in [0.15, 0.2) is 5.75 Å². The third-order valence-electron chi connectivity index (χ3n) is 1.70. The van der Waals surface area contributed by atoms with Crippen LogP contribution in [-0.2, 0) is 4.74 Å². The Bertz CT molecular complexity index is 416. The number of nitrogens with zero attached hydrogens (tertiary/aromatic N) is 1. The molecule has 1 rings (SSSR count). The minimum atomic E-state index is -0.526. The van der Waals surface area contributed by atoms with Crippen molar-refractivity contribution in [2.75, 3.05) is 12.4 Å². The molecule has 5 nitrogen and oxygen atoms in total. The van der Waals surface area contributed by atoms with Crippen LogP contribution in [0.5, 0.6) is 5.75 Å². The van der Waals surface area contributed by atoms with Crippen molar-refractivity contribution in [3.63, 3.8) is 0 Å². The van der Waals surface area contributed by atoms with Crippen molar-refractivity contribution in [2.45, 2.75) is 26.4 Å². The third-order valence-corrected chi connectivity index (χ3v) is 2.82. The van der Waals surface area contributed by atoms with Crippen LogP contribution < -0.4 is 10.1 Å². The van der Waals surface area contributed by atoms with Crippen LogP contribution in [-0.4, -0.2) is 23.8 Å². The van der Waals surface area contributed by atoms with Crippen LogP contribution in [0.25, 0.3) is 0 Å². The summed E-state index contributed by atoms with van der Waals surface area (Å²) in [6, 6.07) is 0. The summed E-state index contributed by atoms with van der Waals surface area (Å²) in [6.07, 6.45) is 2.63. The molecule has 0 aliphatic rings. The van der Waals surface area contributed by atoms with E-state index >= 15 is 0 Å². The van der Waals surface area contributed by atoms with Gasteiger partial charge >= 0.3 is 6.09 Å². The molecule has 0 aliphatic heterocycles. The Hall–Kier alpha value is -1.05. The highest BCUT2D eigenvalue weighted by Gasteiger charge is 2.17. The summed E-state index contributed by atoms with van der Waals surface area (Å²) in [7, 11) is 1.55. The zero-order chi connectivity index (χ0) is 13.1. The Morgan fingerprint density at radius 3 is 2.59 bits per heavy atom. The molecule has 0 saturated carbocycles. The van der Waals surface area contributed by atoms with Gasteiger partial charge in [0.1, 0.15) is 5.60 Å². The smallest absolute Gasteiger partial charge is 0.412 e. The van der Waals surface area contributed by atoms with Crippen LogP contribution in [0.2, 0.25) is 0 Å². The highest BCUT2D eigenvalue weighted by Crippen LogP contribution is 2.26. The SMILES string of the molecule is COc1cncc(NC(=O)OC(C)(C)C)c1I. The van der Waals surface area contributed by atoms with Gasteiger partial charge in [-0.1, -0.05) is 0 Å². The second-order valence-electron chi connectivity index (χ2n) is 4.33. The summed E-state index contributed by atoms with van der Waals surface area (Å²) in [6.45, 7) is 5.42. The number of hydrogen-bond acceptors (Lipinski definition) is 4. The van der Waals surface area contributed by atoms with E-state index in [2.05, 4.69) is 32.9 Å². The third kappa shape index (κ3) is 4.37. The number of hydrogen-bond donors (Lipinski definition) is 1. The van der Waals surface area contributed by atoms with Gasteiger partial charge in [0.2, 0.25) is 0 Å². The number of nitrogens with one attached hydrogen (secondary N) is 1. The summed E-state index contributed by atoms with van der Waals surface area (Å²) in [4.78, 5) is 15.5. The van der Waals surface area contributed by atoms with Crippen LogP contribution in [0.3, 0.4) is 0 Å². The molecule has 94 valence electrons. The lowest BCUT2D eigenvalue weighted by atomic mass is 10.2. The van der Waals surface area contributed by atoms with Gasteiger partial charge in [-0.05, 0) is 43.4 Å². The average molecular weight is 350 g/mol. The Balaban J connectivity index is 2.79. The van der Waals surface area contributed by atoms with Crippen molar-refractivity contribution in [2.24, 2.45) is 0 Å². The molecule has 1 N–H and O–H groups in total. The topological polar surface area (TPSA) is 60.5 Å². The Kier molecular flexibility index (Phi) is 4.55. The number of anilines is 1. The van der Waals surface area contributed by atoms with Crippen molar-refractivity contribution in [3.8, 4) is 5.75 Å². The predicted octanol–water partition coefficient (Wildman–Crippen LogP) is 3.04. The Labute approximate surface area is 114 Å². The number of ether oxygens (including phenoxy) is 2. The first-order valence-electron chi connectivity index (χ1n) is 5.01. The van der Waals surface area contributed by atoms with Gasteiger partial charge in [-0.2, -0.15) is 0 Å². The minimum Gasteiger partial charge on any atom is -0.494 e. The largest absolute Gasteiger partial charge is 0.494 e. The molecule has 6 heteroatoms. The fourth-order valence-corrected chi connectivity index (χ4v) is 1.70. The van der Waals surface area contributed by atoms with Crippen LogP contribution in [0.4, 0.5) is 10.5 Å². The first-order valence-corrected chi connectivity index (χ1v) is 6.09. The number of amides is 1. The lowest BCUT2D eigenvalue weighted by Crippen LogP contribution is -2.27. The maximum absolute atomic E-state index is 11.6. The molecule has 17 heavy (non-hydrogen) atoms. The summed E-state index contributed by atoms with van der Waals surface area (Å²) in [5.41, 5.74) is 0.0427. The molecule has 0 saturated heterocycles. The number of aromatic nitrogens is 1. The van der Waals surface area contributed by atoms with Crippen molar-refractivity contribution >= 4 is 34.4 Å². The number of carbonyl (C=O) groups excluding carboxylic acids is 1. The van der Waals surface area contributed by atoms with Crippen LogP contribution in [0, 0.1) is 3.57 Å². The first-order chi connectivity index (χ1) is 7.83. The molecule has 0 bridgehead atoms. The summed E-state index contributed by atoms with van der Waals surface area (Å²) in [5.74, 6) is 0.610. The highest BCUT2D eigenvalue weighted by molar-refractivity contribution is 14.1. The van der Waals surface area contributed by atoms with Gasteiger partial charge in [0.05, 0.1) is 28.8 Å². The standard InChI is InChI=1S/C11H15IN2O3/c1-11(2,3)17-10(15)14-7-5-13-6-8(16-4)9(7)12/h5-6H,1-4H3,(H,14,15). The molecule has 0 spiro atoms. The summed E-state index contributed by atoms with van der Waals surface area (Å²) in [5, 5.41) is 2.63. The molecule has 1 aromatic heterocycles. The van der Waals surface area contributed by atoms with E-state index in [0.717, 1.165) is 3.57 Å². The normalized spacial score (nSPS) is 10.9. The molecule has 0 aliphatic carbocycles. The lowest BCUT2D eigenvalue weighted by molar-refractivity contribution is 0.0636. The monoisotopic (exact) mass is 350 g/mol. The highest BCUT2D eigenvalue weighted by atomic mass is 127. The number of rotatable bonds is 2. The molecule has 0 radical (unpaired) electrons. The van der Waals surface area contributed by atoms with Crippen LogP contribution in [0.15, 0.2) is 12.4 Å². The van der Waals surface area contributed by atoms with Gasteiger partial charge in [0, 0.05) is 0 Å². The number of pyridine rings is 1. The quantitative estimate of drug-likeness (QED) is 0.833. The second kappa shape index (κ2) is 5.52. The molecular weight excluding hydrogens is 335 g/mol. The zero-order valence-electron chi connectivity index (χ0n) is 10.2. The average Bonchev–Trinajstić information content (AvgIpc) is 2.18. The number of halogens is 1. The van der Waals surface area contributed by atoms with Gasteiger partial charge in [-0.15, -0.1) is 0 Å². The molecule has 0 aromatic carbocycles. The molecule has 0 fully saturated rings. The van der Waals surface area contributed by atoms with Crippen molar-refractivity contribution in [1.29, 1.82) is 0 Å². The maximum atomic E-state index is 11.6. The minimum absolute atomic E-state index is 0.509. The summed E-state index contributed by atoms with van der Waals surface area (Å²) < 4.78 is 11.0. The van der Waals surface area contributed by atoms with E-state index in [1.165, 1.54) is 0 Å². The maximum Gasteiger partial charge on any atom is 0.412 e. The Morgan fingerprint density at radius 1 is 1.41 bits per heavy atom. The molecule has 1 amide bonds. The van der Waals surface area contributed by atoms with Gasteiger partial charge in [0.25, 0.3) is 0 Å². The van der Waals surface area contributed by atoms with Crippen molar-refractivity contribution in [3.05, 3.63) is 16.0 Å². The van der Waals surface area contributed by atoms with E-state index in [4.69, 9.17) is 9.47 Å². The molecule has 1 aromatic rings. The van der Waals surface area contributed by atoms with E-state index in [-0.39, 0.29) is 0 Å². The van der Waals surface area contributed by atoms with Crippen molar-refractivity contribution < 1.29 is 14.3 Å². The van der Waals surface area contributed by atoms with E-state index in [9.17, 15) is 4.79 Å². The molecule has 1 heterocycles. The molecule has 0 atom stereocenters. The predicted molar refractivity (Wildman–Crippen MR) is 73.4 cm³/mol. The van der Waals surface area contributed by atoms with Crippen molar-refractivity contribution in [1.82, 2.24) is 4.98 Å². The molecule has 0 unspecified atom stereocenters. The summed E-state index contributed by atoms with van der Waals surface area (Å²) >= 11 is 2.08. The first kappa shape index (κ1) is 14.0. The van der Waals surface area contributed by atoms with Crippen LogP contribution in [0.1, 0.15) is 20.8 Å². The fraction of sp³-hybridized carbons (Fsp3) is 0.455. The Morgan fingerprint density at radius 2 is 2.06 bits per heavy atom. The number of methoxy groups -OCH3 is 1. The fourth-order valence-electron chi connectivity index (χ4n) is 1.07. The zero-order valence-corrected chi connectivity index (χ0v) is 12.4. The van der Waals surface area contributed by atoms with Crippen LogP contribution >= 0.6 is 22.6 Å².